The quantitative estimate of drug-likeness (QED) is 0.355. The Morgan fingerprint density at radius 2 is 1.75 bits per heavy atom. The summed E-state index contributed by atoms with van der Waals surface area (Å²) < 4.78 is 8.15. The number of aryl methyl sites for hydroxylation is 1. The van der Waals surface area contributed by atoms with Crippen molar-refractivity contribution in [1.29, 1.82) is 0 Å². The molecule has 1 fully saturated rings. The molecule has 3 aromatic carbocycles. The molecule has 2 heterocycles. The predicted molar refractivity (Wildman–Crippen MR) is 141 cm³/mol. The molecule has 6 nitrogen and oxygen atoms in total. The van der Waals surface area contributed by atoms with Crippen molar-refractivity contribution in [1.82, 2.24) is 14.5 Å². The minimum Gasteiger partial charge on any atom is -0.438 e. The standard InChI is InChI=1S/C30H33N3O3/c1-21(22-10-12-23(13-11-22)24-14-15-27-26(18-24)31-20-32(27)4)33-17-16-30(36-28(33)34,19-29(2,3)35)25-8-6-5-7-9-25/h5-15,18,20-21,35H,16-17,19H2,1-4H3. The Bertz CT molecular complexity index is 1370. The number of hydrogen-bond acceptors (Lipinski definition) is 4. The van der Waals surface area contributed by atoms with Crippen molar-refractivity contribution < 1.29 is 14.6 Å². The molecule has 2 unspecified atom stereocenters. The number of benzene rings is 3. The first kappa shape index (κ1) is 24.1. The Labute approximate surface area is 212 Å². The monoisotopic (exact) mass is 483 g/mol. The van der Waals surface area contributed by atoms with E-state index in [0.717, 1.165) is 33.3 Å². The highest BCUT2D eigenvalue weighted by Crippen LogP contribution is 2.42. The van der Waals surface area contributed by atoms with Gasteiger partial charge in [-0.1, -0.05) is 60.7 Å². The van der Waals surface area contributed by atoms with Crippen LogP contribution in [-0.2, 0) is 17.4 Å². The number of rotatable bonds is 6. The average Bonchev–Trinajstić information content (AvgIpc) is 3.23. The van der Waals surface area contributed by atoms with E-state index in [1.165, 1.54) is 0 Å². The van der Waals surface area contributed by atoms with Crippen LogP contribution in [0.2, 0.25) is 0 Å². The Kier molecular flexibility index (Phi) is 6.08. The maximum Gasteiger partial charge on any atom is 0.411 e. The number of imidazole rings is 1. The van der Waals surface area contributed by atoms with Crippen LogP contribution in [-0.4, -0.2) is 37.8 Å². The molecule has 0 saturated carbocycles. The van der Waals surface area contributed by atoms with Gasteiger partial charge in [0.25, 0.3) is 0 Å². The number of cyclic esters (lactones) is 1. The van der Waals surface area contributed by atoms with Gasteiger partial charge in [-0.3, -0.25) is 0 Å². The Hall–Kier alpha value is -3.64. The largest absolute Gasteiger partial charge is 0.438 e. The van der Waals surface area contributed by atoms with Gasteiger partial charge in [0.05, 0.1) is 29.0 Å². The van der Waals surface area contributed by atoms with E-state index in [-0.39, 0.29) is 12.1 Å². The molecule has 5 rings (SSSR count). The molecule has 0 spiro atoms. The molecule has 6 heteroatoms. The van der Waals surface area contributed by atoms with Gasteiger partial charge in [0.1, 0.15) is 5.60 Å². The predicted octanol–water partition coefficient (Wildman–Crippen LogP) is 6.20. The van der Waals surface area contributed by atoms with Gasteiger partial charge < -0.3 is 19.3 Å². The van der Waals surface area contributed by atoms with E-state index in [9.17, 15) is 9.90 Å². The fourth-order valence-corrected chi connectivity index (χ4v) is 5.34. The fourth-order valence-electron chi connectivity index (χ4n) is 5.34. The molecule has 1 saturated heterocycles. The number of carbonyl (C=O) groups is 1. The van der Waals surface area contributed by atoms with E-state index in [1.807, 2.05) is 55.2 Å². The normalized spacial score (nSPS) is 19.4. The molecule has 36 heavy (non-hydrogen) atoms. The molecule has 186 valence electrons. The van der Waals surface area contributed by atoms with E-state index < -0.39 is 11.2 Å². The number of aliphatic hydroxyl groups is 1. The van der Waals surface area contributed by atoms with Crippen LogP contribution in [0.1, 0.15) is 50.8 Å². The molecular weight excluding hydrogens is 450 g/mol. The first-order valence-electron chi connectivity index (χ1n) is 12.4. The zero-order chi connectivity index (χ0) is 25.5. The molecule has 0 bridgehead atoms. The third-order valence-corrected chi connectivity index (χ3v) is 7.21. The summed E-state index contributed by atoms with van der Waals surface area (Å²) >= 11 is 0. The first-order valence-corrected chi connectivity index (χ1v) is 12.4. The van der Waals surface area contributed by atoms with Crippen molar-refractivity contribution >= 4 is 17.1 Å². The molecule has 4 aromatic rings. The summed E-state index contributed by atoms with van der Waals surface area (Å²) in [6, 6.07) is 24.3. The third kappa shape index (κ3) is 4.61. The maximum absolute atomic E-state index is 13.3. The van der Waals surface area contributed by atoms with Crippen molar-refractivity contribution in [3.8, 4) is 11.1 Å². The number of amides is 1. The van der Waals surface area contributed by atoms with Crippen LogP contribution in [0.5, 0.6) is 0 Å². The van der Waals surface area contributed by atoms with Gasteiger partial charge in [-0.25, -0.2) is 9.78 Å². The van der Waals surface area contributed by atoms with Crippen molar-refractivity contribution in [3.05, 3.63) is 90.3 Å². The summed E-state index contributed by atoms with van der Waals surface area (Å²) in [7, 11) is 1.99. The lowest BCUT2D eigenvalue weighted by Gasteiger charge is -2.45. The molecule has 0 aliphatic carbocycles. The number of ether oxygens (including phenoxy) is 1. The van der Waals surface area contributed by atoms with Crippen LogP contribution >= 0.6 is 0 Å². The second-order valence-corrected chi connectivity index (χ2v) is 10.5. The summed E-state index contributed by atoms with van der Waals surface area (Å²) in [6.07, 6.45) is 2.42. The van der Waals surface area contributed by atoms with E-state index in [4.69, 9.17) is 4.74 Å². The lowest BCUT2D eigenvalue weighted by Crippen LogP contribution is -2.51. The second-order valence-electron chi connectivity index (χ2n) is 10.5. The number of nitrogens with zero attached hydrogens (tertiary/aromatic N) is 3. The summed E-state index contributed by atoms with van der Waals surface area (Å²) in [4.78, 5) is 19.6. The van der Waals surface area contributed by atoms with Crippen molar-refractivity contribution in [2.24, 2.45) is 7.05 Å². The van der Waals surface area contributed by atoms with Gasteiger partial charge in [0, 0.05) is 26.4 Å². The SMILES string of the molecule is CC(c1ccc(-c2ccc3c(c2)ncn3C)cc1)N1CCC(CC(C)(C)O)(c2ccccc2)OC1=O. The zero-order valence-corrected chi connectivity index (χ0v) is 21.3. The highest BCUT2D eigenvalue weighted by molar-refractivity contribution is 5.82. The highest BCUT2D eigenvalue weighted by Gasteiger charge is 2.46. The van der Waals surface area contributed by atoms with Gasteiger partial charge in [0.2, 0.25) is 0 Å². The van der Waals surface area contributed by atoms with E-state index >= 15 is 0 Å². The van der Waals surface area contributed by atoms with Gasteiger partial charge in [-0.05, 0) is 55.2 Å². The fraction of sp³-hybridized carbons (Fsp3) is 0.333. The van der Waals surface area contributed by atoms with Crippen molar-refractivity contribution in [2.45, 2.75) is 50.9 Å². The molecular formula is C30H33N3O3. The van der Waals surface area contributed by atoms with E-state index in [1.54, 1.807) is 18.7 Å². The molecule has 0 radical (unpaired) electrons. The zero-order valence-electron chi connectivity index (χ0n) is 21.3. The van der Waals surface area contributed by atoms with Gasteiger partial charge in [-0.15, -0.1) is 0 Å². The van der Waals surface area contributed by atoms with Gasteiger partial charge in [-0.2, -0.15) is 0 Å². The first-order chi connectivity index (χ1) is 17.2. The van der Waals surface area contributed by atoms with Crippen molar-refractivity contribution in [2.75, 3.05) is 6.54 Å². The lowest BCUT2D eigenvalue weighted by molar-refractivity contribution is -0.101. The minimum absolute atomic E-state index is 0.138. The number of hydrogen-bond donors (Lipinski definition) is 1. The van der Waals surface area contributed by atoms with Crippen molar-refractivity contribution in [3.63, 3.8) is 0 Å². The topological polar surface area (TPSA) is 67.6 Å². The van der Waals surface area contributed by atoms with Crippen LogP contribution in [0.4, 0.5) is 4.79 Å². The van der Waals surface area contributed by atoms with Crippen LogP contribution < -0.4 is 0 Å². The van der Waals surface area contributed by atoms with Crippen LogP contribution in [0.15, 0.2) is 79.1 Å². The molecule has 1 aliphatic rings. The Morgan fingerprint density at radius 1 is 1.06 bits per heavy atom. The number of fused-ring (bicyclic) bond motifs is 1. The summed E-state index contributed by atoms with van der Waals surface area (Å²) in [6.45, 7) is 6.09. The van der Waals surface area contributed by atoms with Crippen LogP contribution in [0, 0.1) is 0 Å². The Morgan fingerprint density at radius 3 is 2.42 bits per heavy atom. The lowest BCUT2D eigenvalue weighted by atomic mass is 9.80. The van der Waals surface area contributed by atoms with Crippen LogP contribution in [0.3, 0.4) is 0 Å². The molecule has 1 aromatic heterocycles. The highest BCUT2D eigenvalue weighted by atomic mass is 16.6. The molecule has 1 aliphatic heterocycles. The second kappa shape index (κ2) is 9.10. The smallest absolute Gasteiger partial charge is 0.411 e. The van der Waals surface area contributed by atoms with Gasteiger partial charge >= 0.3 is 6.09 Å². The molecule has 2 atom stereocenters. The summed E-state index contributed by atoms with van der Waals surface area (Å²) in [5.41, 5.74) is 4.43. The third-order valence-electron chi connectivity index (χ3n) is 7.21. The maximum atomic E-state index is 13.3. The summed E-state index contributed by atoms with van der Waals surface area (Å²) in [5.74, 6) is 0. The Balaban J connectivity index is 1.35. The molecule has 1 amide bonds. The number of aromatic nitrogens is 2. The molecule has 1 N–H and O–H groups in total. The van der Waals surface area contributed by atoms with E-state index in [2.05, 4.69) is 47.4 Å². The average molecular weight is 484 g/mol. The van der Waals surface area contributed by atoms with E-state index in [0.29, 0.717) is 19.4 Å². The summed E-state index contributed by atoms with van der Waals surface area (Å²) in [5, 5.41) is 10.6. The van der Waals surface area contributed by atoms with Crippen LogP contribution in [0.25, 0.3) is 22.2 Å². The number of carbonyl (C=O) groups excluding carboxylic acids is 1. The van der Waals surface area contributed by atoms with Gasteiger partial charge in [0.15, 0.2) is 0 Å². The minimum atomic E-state index is -0.974.